The van der Waals surface area contributed by atoms with Crippen molar-refractivity contribution in [3.05, 3.63) is 83.4 Å². The Morgan fingerprint density at radius 1 is 0.971 bits per heavy atom. The Balaban J connectivity index is 1.86. The standard InChI is InChI=1S/C24H24ClN3O5S/c1-17(18-13-14-22(32-2)23(15-18)33-3)26-27-24(29)16-28(21-12-8-7-11-20(21)25)34(30,31)19-9-5-4-6-10-19/h4-15H,16H2,1-3H3,(H,27,29)/b26-17-. The van der Waals surface area contributed by atoms with Crippen molar-refractivity contribution in [2.45, 2.75) is 11.8 Å². The minimum absolute atomic E-state index is 0.0349. The molecule has 0 aliphatic heterocycles. The number of nitrogens with zero attached hydrogens (tertiary/aromatic N) is 2. The minimum Gasteiger partial charge on any atom is -0.493 e. The van der Waals surface area contributed by atoms with Crippen LogP contribution in [0.1, 0.15) is 12.5 Å². The Morgan fingerprint density at radius 2 is 1.62 bits per heavy atom. The molecule has 0 fully saturated rings. The predicted molar refractivity (Wildman–Crippen MR) is 132 cm³/mol. The lowest BCUT2D eigenvalue weighted by molar-refractivity contribution is -0.119. The number of para-hydroxylation sites is 1. The predicted octanol–water partition coefficient (Wildman–Crippen LogP) is 4.09. The molecule has 1 N–H and O–H groups in total. The Morgan fingerprint density at radius 3 is 2.26 bits per heavy atom. The van der Waals surface area contributed by atoms with Gasteiger partial charge < -0.3 is 9.47 Å². The van der Waals surface area contributed by atoms with Gasteiger partial charge in [0.2, 0.25) is 0 Å². The summed E-state index contributed by atoms with van der Waals surface area (Å²) in [6.45, 7) is 1.18. The van der Waals surface area contributed by atoms with Crippen molar-refractivity contribution >= 4 is 38.9 Å². The Kier molecular flexibility index (Phi) is 8.14. The molecule has 3 aromatic rings. The summed E-state index contributed by atoms with van der Waals surface area (Å²) >= 11 is 6.27. The van der Waals surface area contributed by atoms with Crippen LogP contribution < -0.4 is 19.2 Å². The number of sulfonamides is 1. The molecule has 0 atom stereocenters. The molecule has 0 saturated carbocycles. The van der Waals surface area contributed by atoms with Crippen LogP contribution in [0, 0.1) is 0 Å². The fraction of sp³-hybridized carbons (Fsp3) is 0.167. The minimum atomic E-state index is -4.07. The summed E-state index contributed by atoms with van der Waals surface area (Å²) in [7, 11) is -1.02. The van der Waals surface area contributed by atoms with Crippen LogP contribution in [0.25, 0.3) is 0 Å². The SMILES string of the molecule is COc1ccc(/C(C)=N\NC(=O)CN(c2ccccc2Cl)S(=O)(=O)c2ccccc2)cc1OC. The molecule has 34 heavy (non-hydrogen) atoms. The number of halogens is 1. The number of amides is 1. The van der Waals surface area contributed by atoms with Crippen LogP contribution in [0.3, 0.4) is 0 Å². The first-order chi connectivity index (χ1) is 16.3. The Labute approximate surface area is 203 Å². The smallest absolute Gasteiger partial charge is 0.264 e. The molecule has 0 unspecified atom stereocenters. The van der Waals surface area contributed by atoms with Gasteiger partial charge >= 0.3 is 0 Å². The highest BCUT2D eigenvalue weighted by Crippen LogP contribution is 2.30. The normalized spacial score (nSPS) is 11.6. The maximum atomic E-state index is 13.3. The molecule has 0 aliphatic carbocycles. The fourth-order valence-electron chi connectivity index (χ4n) is 3.11. The maximum absolute atomic E-state index is 13.3. The van der Waals surface area contributed by atoms with E-state index in [1.807, 2.05) is 0 Å². The number of carbonyl (C=O) groups excluding carboxylic acids is 1. The highest BCUT2D eigenvalue weighted by Gasteiger charge is 2.28. The summed E-state index contributed by atoms with van der Waals surface area (Å²) in [6, 6.07) is 19.5. The molecule has 8 nitrogen and oxygen atoms in total. The zero-order chi connectivity index (χ0) is 24.7. The summed E-state index contributed by atoms with van der Waals surface area (Å²) in [5.41, 5.74) is 3.78. The summed E-state index contributed by atoms with van der Waals surface area (Å²) in [5, 5.41) is 4.31. The first kappa shape index (κ1) is 25.1. The first-order valence-corrected chi connectivity index (χ1v) is 12.0. The lowest BCUT2D eigenvalue weighted by Gasteiger charge is -2.24. The zero-order valence-electron chi connectivity index (χ0n) is 18.9. The molecule has 0 aromatic heterocycles. The van der Waals surface area contributed by atoms with E-state index in [0.29, 0.717) is 22.8 Å². The lowest BCUT2D eigenvalue weighted by atomic mass is 10.1. The van der Waals surface area contributed by atoms with E-state index in [-0.39, 0.29) is 15.6 Å². The van der Waals surface area contributed by atoms with Gasteiger partial charge in [0.05, 0.1) is 35.5 Å². The molecule has 10 heteroatoms. The highest BCUT2D eigenvalue weighted by atomic mass is 35.5. The highest BCUT2D eigenvalue weighted by molar-refractivity contribution is 7.92. The third-order valence-corrected chi connectivity index (χ3v) is 6.98. The van der Waals surface area contributed by atoms with E-state index in [1.165, 1.54) is 32.4 Å². The van der Waals surface area contributed by atoms with Crippen LogP contribution in [-0.2, 0) is 14.8 Å². The number of nitrogens with one attached hydrogen (secondary N) is 1. The van der Waals surface area contributed by atoms with Crippen molar-refractivity contribution in [3.63, 3.8) is 0 Å². The Hall–Kier alpha value is -3.56. The molecule has 0 aliphatic rings. The topological polar surface area (TPSA) is 97.3 Å². The van der Waals surface area contributed by atoms with Crippen LogP contribution in [-0.4, -0.2) is 40.8 Å². The van der Waals surface area contributed by atoms with E-state index in [0.717, 1.165) is 4.31 Å². The second-order valence-electron chi connectivity index (χ2n) is 7.08. The molecule has 0 saturated heterocycles. The van der Waals surface area contributed by atoms with Crippen LogP contribution >= 0.6 is 11.6 Å². The average molecular weight is 502 g/mol. The van der Waals surface area contributed by atoms with Gasteiger partial charge in [-0.05, 0) is 49.4 Å². The molecule has 3 aromatic carbocycles. The van der Waals surface area contributed by atoms with Crippen LogP contribution in [0.2, 0.25) is 5.02 Å². The summed E-state index contributed by atoms with van der Waals surface area (Å²) in [6.07, 6.45) is 0. The second-order valence-corrected chi connectivity index (χ2v) is 9.35. The van der Waals surface area contributed by atoms with E-state index in [2.05, 4.69) is 10.5 Å². The van der Waals surface area contributed by atoms with Gasteiger partial charge in [-0.2, -0.15) is 5.10 Å². The molecule has 1 amide bonds. The third kappa shape index (κ3) is 5.67. The maximum Gasteiger partial charge on any atom is 0.264 e. The van der Waals surface area contributed by atoms with Crippen LogP contribution in [0.4, 0.5) is 5.69 Å². The van der Waals surface area contributed by atoms with Gasteiger partial charge in [-0.3, -0.25) is 9.10 Å². The third-order valence-electron chi connectivity index (χ3n) is 4.89. The number of hydrazone groups is 1. The zero-order valence-corrected chi connectivity index (χ0v) is 20.4. The van der Waals surface area contributed by atoms with E-state index in [4.69, 9.17) is 21.1 Å². The summed E-state index contributed by atoms with van der Waals surface area (Å²) in [5.74, 6) is 0.434. The number of methoxy groups -OCH3 is 2. The number of ether oxygens (including phenoxy) is 2. The summed E-state index contributed by atoms with van der Waals surface area (Å²) < 4.78 is 38.1. The van der Waals surface area contributed by atoms with E-state index >= 15 is 0 Å². The van der Waals surface area contributed by atoms with Crippen LogP contribution in [0.5, 0.6) is 11.5 Å². The molecule has 0 heterocycles. The second kappa shape index (κ2) is 11.0. The average Bonchev–Trinajstić information content (AvgIpc) is 2.86. The van der Waals surface area contributed by atoms with Crippen molar-refractivity contribution in [1.82, 2.24) is 5.43 Å². The number of carbonyl (C=O) groups is 1. The van der Waals surface area contributed by atoms with Gasteiger partial charge in [0.1, 0.15) is 6.54 Å². The quantitative estimate of drug-likeness (QED) is 0.352. The molecule has 0 spiro atoms. The van der Waals surface area contributed by atoms with E-state index in [1.54, 1.807) is 61.5 Å². The number of hydrogen-bond donors (Lipinski definition) is 1. The van der Waals surface area contributed by atoms with Gasteiger partial charge in [-0.25, -0.2) is 13.8 Å². The number of anilines is 1. The van der Waals surface area contributed by atoms with Gasteiger partial charge in [-0.15, -0.1) is 0 Å². The number of hydrogen-bond acceptors (Lipinski definition) is 6. The van der Waals surface area contributed by atoms with Gasteiger partial charge in [0.15, 0.2) is 11.5 Å². The molecule has 0 bridgehead atoms. The fourth-order valence-corrected chi connectivity index (χ4v) is 4.86. The van der Waals surface area contributed by atoms with E-state index < -0.39 is 22.5 Å². The first-order valence-electron chi connectivity index (χ1n) is 10.2. The molecular weight excluding hydrogens is 478 g/mol. The van der Waals surface area contributed by atoms with Gasteiger partial charge in [0, 0.05) is 5.56 Å². The van der Waals surface area contributed by atoms with Crippen molar-refractivity contribution in [3.8, 4) is 11.5 Å². The molecule has 0 radical (unpaired) electrons. The molecular formula is C24H24ClN3O5S. The largest absolute Gasteiger partial charge is 0.493 e. The van der Waals surface area contributed by atoms with Gasteiger partial charge in [0.25, 0.3) is 15.9 Å². The van der Waals surface area contributed by atoms with Crippen molar-refractivity contribution in [2.24, 2.45) is 5.10 Å². The van der Waals surface area contributed by atoms with Crippen LogP contribution in [0.15, 0.2) is 82.8 Å². The number of benzene rings is 3. The van der Waals surface area contributed by atoms with Crippen molar-refractivity contribution in [2.75, 3.05) is 25.1 Å². The van der Waals surface area contributed by atoms with Gasteiger partial charge in [-0.1, -0.05) is 41.9 Å². The van der Waals surface area contributed by atoms with Crippen molar-refractivity contribution < 1.29 is 22.7 Å². The monoisotopic (exact) mass is 501 g/mol. The summed E-state index contributed by atoms with van der Waals surface area (Å²) in [4.78, 5) is 12.8. The van der Waals surface area contributed by atoms with E-state index in [9.17, 15) is 13.2 Å². The molecule has 178 valence electrons. The molecule has 3 rings (SSSR count). The number of rotatable bonds is 9. The van der Waals surface area contributed by atoms with Crippen molar-refractivity contribution in [1.29, 1.82) is 0 Å². The Bertz CT molecular complexity index is 1300. The lowest BCUT2D eigenvalue weighted by Crippen LogP contribution is -2.40.